The zero-order valence-corrected chi connectivity index (χ0v) is 18.9. The van der Waals surface area contributed by atoms with Crippen LogP contribution >= 0.6 is 0 Å². The molecule has 0 aromatic rings. The molecular weight excluding hydrogens is 416 g/mol. The molecule has 0 radical (unpaired) electrons. The Morgan fingerprint density at radius 3 is 1.28 bits per heavy atom. The first-order chi connectivity index (χ1) is 15.5. The Labute approximate surface area is 188 Å². The van der Waals surface area contributed by atoms with Gasteiger partial charge in [-0.05, 0) is 25.7 Å². The van der Waals surface area contributed by atoms with Crippen LogP contribution in [-0.2, 0) is 18.9 Å². The summed E-state index contributed by atoms with van der Waals surface area (Å²) in [5.41, 5.74) is 0. The number of carbonyl (C=O) groups excluding carboxylic acids is 2. The Hall–Kier alpha value is -1.62. The predicted molar refractivity (Wildman–Crippen MR) is 111 cm³/mol. The van der Waals surface area contributed by atoms with Crippen LogP contribution in [0, 0.1) is 0 Å². The summed E-state index contributed by atoms with van der Waals surface area (Å²) < 4.78 is 24.8. The first-order valence-corrected chi connectivity index (χ1v) is 12.3. The van der Waals surface area contributed by atoms with Gasteiger partial charge in [0.25, 0.3) is 0 Å². The Morgan fingerprint density at radius 1 is 0.562 bits per heavy atom. The average molecular weight is 451 g/mol. The molecule has 4 aliphatic heterocycles. The van der Waals surface area contributed by atoms with E-state index in [2.05, 4.69) is 0 Å². The molecule has 0 bridgehead atoms. The van der Waals surface area contributed by atoms with Crippen molar-refractivity contribution < 1.29 is 28.5 Å². The van der Waals surface area contributed by atoms with Crippen molar-refractivity contribution in [3.05, 3.63) is 0 Å². The number of nitrogens with zero attached hydrogens (tertiary/aromatic N) is 4. The monoisotopic (exact) mass is 450 g/mol. The molecule has 6 rings (SSSR count). The highest BCUT2D eigenvalue weighted by Crippen LogP contribution is 2.42. The van der Waals surface area contributed by atoms with Gasteiger partial charge in [-0.2, -0.15) is 0 Å². The number of likely N-dealkylation sites (N-methyl/N-ethyl adjacent to an activating group) is 2. The SMILES string of the molecule is CN1C(=O)N(C2CCCCC2)[C@H]2O[C@H]([C@H]3O[C@@H]4[C@H](O3)N(C)C(=O)N4C3CCCCC3)O[C@H]21. The van der Waals surface area contributed by atoms with Crippen LogP contribution in [0.5, 0.6) is 0 Å². The van der Waals surface area contributed by atoms with E-state index in [4.69, 9.17) is 18.9 Å². The van der Waals surface area contributed by atoms with E-state index in [0.717, 1.165) is 51.4 Å². The van der Waals surface area contributed by atoms with Gasteiger partial charge in [0.05, 0.1) is 0 Å². The summed E-state index contributed by atoms with van der Waals surface area (Å²) in [5.74, 6) is 0. The maximum absolute atomic E-state index is 12.9. The second kappa shape index (κ2) is 8.00. The number of ether oxygens (including phenoxy) is 4. The van der Waals surface area contributed by atoms with Crippen molar-refractivity contribution in [2.45, 2.75) is 114 Å². The van der Waals surface area contributed by atoms with Crippen LogP contribution < -0.4 is 0 Å². The van der Waals surface area contributed by atoms with E-state index in [-0.39, 0.29) is 24.1 Å². The number of hydrogen-bond donors (Lipinski definition) is 0. The van der Waals surface area contributed by atoms with Crippen molar-refractivity contribution in [2.75, 3.05) is 14.1 Å². The molecule has 0 aromatic carbocycles. The fourth-order valence-electron chi connectivity index (χ4n) is 6.36. The topological polar surface area (TPSA) is 84.0 Å². The molecule has 6 aliphatic rings. The normalized spacial score (nSPS) is 41.2. The fraction of sp³-hybridized carbons (Fsp3) is 0.909. The maximum Gasteiger partial charge on any atom is 0.324 e. The zero-order valence-electron chi connectivity index (χ0n) is 18.9. The molecule has 2 aliphatic carbocycles. The van der Waals surface area contributed by atoms with Gasteiger partial charge in [-0.1, -0.05) is 38.5 Å². The smallest absolute Gasteiger partial charge is 0.319 e. The highest BCUT2D eigenvalue weighted by Gasteiger charge is 2.60. The van der Waals surface area contributed by atoms with E-state index >= 15 is 0 Å². The van der Waals surface area contributed by atoms with Crippen molar-refractivity contribution in [1.29, 1.82) is 0 Å². The lowest BCUT2D eigenvalue weighted by Crippen LogP contribution is -2.47. The summed E-state index contributed by atoms with van der Waals surface area (Å²) in [6.45, 7) is 0. The summed E-state index contributed by atoms with van der Waals surface area (Å²) in [7, 11) is 3.52. The van der Waals surface area contributed by atoms with Crippen LogP contribution in [0.25, 0.3) is 0 Å². The van der Waals surface area contributed by atoms with Gasteiger partial charge in [0.2, 0.25) is 12.6 Å². The first-order valence-electron chi connectivity index (χ1n) is 12.3. The largest absolute Gasteiger partial charge is 0.324 e. The van der Waals surface area contributed by atoms with Crippen LogP contribution in [0.3, 0.4) is 0 Å². The van der Waals surface area contributed by atoms with E-state index < -0.39 is 37.5 Å². The van der Waals surface area contributed by atoms with Crippen molar-refractivity contribution in [2.24, 2.45) is 0 Å². The predicted octanol–water partition coefficient (Wildman–Crippen LogP) is 2.44. The second-order valence-corrected chi connectivity index (χ2v) is 10.0. The lowest BCUT2D eigenvalue weighted by Gasteiger charge is -2.34. The number of amides is 4. The lowest BCUT2D eigenvalue weighted by molar-refractivity contribution is -0.243. The molecule has 10 nitrogen and oxygen atoms in total. The molecule has 10 heteroatoms. The van der Waals surface area contributed by atoms with Crippen LogP contribution in [0.15, 0.2) is 0 Å². The molecule has 4 amide bonds. The van der Waals surface area contributed by atoms with Crippen LogP contribution in [0.2, 0.25) is 0 Å². The maximum atomic E-state index is 12.9. The molecule has 0 N–H and O–H groups in total. The summed E-state index contributed by atoms with van der Waals surface area (Å²) in [6.07, 6.45) is 7.63. The van der Waals surface area contributed by atoms with E-state index in [1.165, 1.54) is 12.8 Å². The lowest BCUT2D eigenvalue weighted by atomic mass is 9.94. The van der Waals surface area contributed by atoms with E-state index in [1.807, 2.05) is 9.80 Å². The van der Waals surface area contributed by atoms with Gasteiger partial charge in [-0.25, -0.2) is 9.59 Å². The molecule has 0 unspecified atom stereocenters. The standard InChI is InChI=1S/C22H34N4O6/c1-23-15-17(25(21(23)27)13-9-5-3-6-10-13)31-19(29-15)20-30-16-18(32-20)26(22(28)24(16)2)14-11-7-4-8-12-14/h13-20H,3-12H2,1-2H3/t15-,16+,17+,18-,19-,20-/m1/s1. The summed E-state index contributed by atoms with van der Waals surface area (Å²) in [5, 5.41) is 0. The van der Waals surface area contributed by atoms with Gasteiger partial charge in [0.1, 0.15) is 0 Å². The van der Waals surface area contributed by atoms with Crippen molar-refractivity contribution in [1.82, 2.24) is 19.6 Å². The Kier molecular flexibility index (Phi) is 5.24. The molecular formula is C22H34N4O6. The Balaban J connectivity index is 1.16. The number of hydrogen-bond acceptors (Lipinski definition) is 6. The Morgan fingerprint density at radius 2 is 0.906 bits per heavy atom. The quantitative estimate of drug-likeness (QED) is 0.657. The summed E-state index contributed by atoms with van der Waals surface area (Å²) in [4.78, 5) is 32.7. The summed E-state index contributed by atoms with van der Waals surface area (Å²) >= 11 is 0. The molecule has 32 heavy (non-hydrogen) atoms. The molecule has 0 spiro atoms. The molecule has 4 saturated heterocycles. The summed E-state index contributed by atoms with van der Waals surface area (Å²) in [6, 6.07) is 0.298. The third kappa shape index (κ3) is 3.13. The van der Waals surface area contributed by atoms with E-state index in [0.29, 0.717) is 0 Å². The Bertz CT molecular complexity index is 695. The first kappa shape index (κ1) is 20.9. The fourth-order valence-corrected chi connectivity index (χ4v) is 6.36. The molecule has 6 atom stereocenters. The number of urea groups is 2. The molecule has 6 fully saturated rings. The van der Waals surface area contributed by atoms with Gasteiger partial charge < -0.3 is 18.9 Å². The molecule has 178 valence electrons. The molecule has 4 heterocycles. The van der Waals surface area contributed by atoms with Crippen LogP contribution in [0.1, 0.15) is 64.2 Å². The van der Waals surface area contributed by atoms with Gasteiger partial charge >= 0.3 is 12.1 Å². The van der Waals surface area contributed by atoms with Crippen LogP contribution in [0.4, 0.5) is 9.59 Å². The van der Waals surface area contributed by atoms with Gasteiger partial charge in [0.15, 0.2) is 24.9 Å². The minimum absolute atomic E-state index is 0.0377. The highest BCUT2D eigenvalue weighted by atomic mass is 16.8. The average Bonchev–Trinajstić information content (AvgIpc) is 3.54. The van der Waals surface area contributed by atoms with Gasteiger partial charge in [-0.3, -0.25) is 19.6 Å². The van der Waals surface area contributed by atoms with Gasteiger partial charge in [0, 0.05) is 26.2 Å². The third-order valence-corrected chi connectivity index (χ3v) is 8.10. The van der Waals surface area contributed by atoms with Crippen molar-refractivity contribution in [3.63, 3.8) is 0 Å². The number of rotatable bonds is 3. The highest BCUT2D eigenvalue weighted by molar-refractivity contribution is 5.78. The van der Waals surface area contributed by atoms with Crippen molar-refractivity contribution >= 4 is 12.1 Å². The van der Waals surface area contributed by atoms with Crippen molar-refractivity contribution in [3.8, 4) is 0 Å². The third-order valence-electron chi connectivity index (χ3n) is 8.10. The molecule has 0 aromatic heterocycles. The zero-order chi connectivity index (χ0) is 22.0. The van der Waals surface area contributed by atoms with Crippen LogP contribution in [-0.4, -0.2) is 95.3 Å². The number of carbonyl (C=O) groups is 2. The van der Waals surface area contributed by atoms with E-state index in [1.54, 1.807) is 23.9 Å². The minimum Gasteiger partial charge on any atom is -0.319 e. The van der Waals surface area contributed by atoms with E-state index in [9.17, 15) is 9.59 Å². The minimum atomic E-state index is -0.742. The van der Waals surface area contributed by atoms with Gasteiger partial charge in [-0.15, -0.1) is 0 Å². The molecule has 2 saturated carbocycles. The second-order valence-electron chi connectivity index (χ2n) is 10.0. The number of fused-ring (bicyclic) bond motifs is 2.